The van der Waals surface area contributed by atoms with Crippen LogP contribution in [0.25, 0.3) is 21.5 Å². The van der Waals surface area contributed by atoms with Gasteiger partial charge in [-0.25, -0.2) is 0 Å². The highest BCUT2D eigenvalue weighted by atomic mass is 79.9. The average molecular weight is 966 g/mol. The van der Waals surface area contributed by atoms with E-state index in [4.69, 9.17) is 25.3 Å². The minimum Gasteiger partial charge on any atom is -0.481 e. The normalized spacial score (nSPS) is 14.3. The predicted octanol–water partition coefficient (Wildman–Crippen LogP) is 12.4. The van der Waals surface area contributed by atoms with Crippen LogP contribution in [0.1, 0.15) is 95.3 Å². The minimum absolute atomic E-state index is 0.256. The van der Waals surface area contributed by atoms with E-state index < -0.39 is 46.9 Å². The summed E-state index contributed by atoms with van der Waals surface area (Å²) in [5.41, 5.74) is 1.47. The van der Waals surface area contributed by atoms with Crippen LogP contribution in [0.15, 0.2) is 124 Å². The van der Waals surface area contributed by atoms with Crippen molar-refractivity contribution in [3.63, 3.8) is 0 Å². The van der Waals surface area contributed by atoms with Gasteiger partial charge in [0.2, 0.25) is 5.76 Å². The van der Waals surface area contributed by atoms with Gasteiger partial charge in [-0.3, -0.25) is 9.59 Å². The number of carboxylic acid groups (broad SMARTS) is 1. The van der Waals surface area contributed by atoms with Gasteiger partial charge in [0.1, 0.15) is 5.76 Å². The number of benzene rings is 5. The van der Waals surface area contributed by atoms with E-state index in [1.807, 2.05) is 125 Å². The number of aliphatic carboxylic acids is 1. The molecule has 7 rings (SSSR count). The number of furan rings is 1. The highest BCUT2D eigenvalue weighted by molar-refractivity contribution is 9.10. The number of hydrogen-bond acceptors (Lipinski definition) is 7. The zero-order valence-electron chi connectivity index (χ0n) is 37.9. The molecule has 1 aromatic heterocycles. The maximum atomic E-state index is 12.3. The molecule has 0 spiro atoms. The molecule has 6 aromatic rings. The van der Waals surface area contributed by atoms with Crippen molar-refractivity contribution in [2.24, 2.45) is 0 Å². The lowest BCUT2D eigenvalue weighted by atomic mass is 9.75. The van der Waals surface area contributed by atoms with E-state index in [1.54, 1.807) is 13.8 Å². The van der Waals surface area contributed by atoms with Gasteiger partial charge in [0.25, 0.3) is 5.24 Å². The van der Waals surface area contributed by atoms with Gasteiger partial charge in [0.15, 0.2) is 0 Å². The van der Waals surface area contributed by atoms with Crippen molar-refractivity contribution in [2.75, 3.05) is 19.6 Å². The van der Waals surface area contributed by atoms with Crippen LogP contribution < -0.4 is 10.8 Å². The zero-order valence-corrected chi connectivity index (χ0v) is 40.2. The van der Waals surface area contributed by atoms with Crippen molar-refractivity contribution in [3.8, 4) is 0 Å². The third-order valence-corrected chi connectivity index (χ3v) is 12.2. The topological polar surface area (TPSA) is 101 Å². The van der Waals surface area contributed by atoms with E-state index in [0.717, 1.165) is 48.7 Å². The van der Waals surface area contributed by atoms with E-state index in [9.17, 15) is 27.9 Å². The Morgan fingerprint density at radius 1 is 0.750 bits per heavy atom. The van der Waals surface area contributed by atoms with Gasteiger partial charge in [0.05, 0.1) is 23.2 Å². The Morgan fingerprint density at radius 2 is 1.28 bits per heavy atom. The Hall–Kier alpha value is -4.50. The molecule has 8 nitrogen and oxygen atoms in total. The summed E-state index contributed by atoms with van der Waals surface area (Å²) in [7, 11) is -0.473. The molecule has 1 fully saturated rings. The summed E-state index contributed by atoms with van der Waals surface area (Å²) < 4.78 is 54.6. The number of fused-ring (bicyclic) bond motifs is 2. The molecular formula is C50H58BBrClF3N2O6. The molecule has 0 saturated carbocycles. The van der Waals surface area contributed by atoms with E-state index in [1.165, 1.54) is 25.7 Å². The smallest absolute Gasteiger partial charge is 0.481 e. The maximum Gasteiger partial charge on any atom is 0.494 e. The standard InChI is InChI=1S/C16H23BO4.C15H9ClO.C13H11BrF3NO.C6H15N/c1-14(2,13(18)19)11-8-7-9-12(10-11)17-20-15(3,4)16(5,6)21-17;16-15(17)14-12-7-3-1-5-10(12)9-11-6-2-4-8-13(11)14;14-10-3-1-9(2-4-10)7-18-8-11-5-6-12(19-11)13(15,16)17;1-4-7(5-2)6-3/h7-10H,1-6H3,(H,18,19);1-9H;1-6,18H,7-8H2;4-6H2,1-3H3. The summed E-state index contributed by atoms with van der Waals surface area (Å²) in [6.45, 7) is 22.3. The van der Waals surface area contributed by atoms with E-state index in [-0.39, 0.29) is 12.3 Å². The second-order valence-electron chi connectivity index (χ2n) is 16.7. The first-order valence-corrected chi connectivity index (χ1v) is 22.3. The van der Waals surface area contributed by atoms with Gasteiger partial charge < -0.3 is 29.0 Å². The monoisotopic (exact) mass is 964 g/mol. The Bertz CT molecular complexity index is 2390. The molecule has 0 aliphatic carbocycles. The van der Waals surface area contributed by atoms with Crippen LogP contribution in [0, 0.1) is 0 Å². The molecule has 14 heteroatoms. The number of carbonyl (C=O) groups is 2. The molecule has 1 aliphatic rings. The summed E-state index contributed by atoms with van der Waals surface area (Å²) >= 11 is 9.05. The van der Waals surface area contributed by atoms with Crippen molar-refractivity contribution in [1.82, 2.24) is 10.2 Å². The number of nitrogens with zero attached hydrogens (tertiary/aromatic N) is 1. The third-order valence-electron chi connectivity index (χ3n) is 11.5. The predicted molar refractivity (Wildman–Crippen MR) is 256 cm³/mol. The van der Waals surface area contributed by atoms with Crippen molar-refractivity contribution >= 4 is 72.9 Å². The molecule has 0 radical (unpaired) electrons. The van der Waals surface area contributed by atoms with Crippen LogP contribution in [0.3, 0.4) is 0 Å². The molecule has 1 aliphatic heterocycles. The van der Waals surface area contributed by atoms with Crippen LogP contribution >= 0.6 is 27.5 Å². The van der Waals surface area contributed by atoms with Gasteiger partial charge >= 0.3 is 19.3 Å². The molecule has 0 atom stereocenters. The van der Waals surface area contributed by atoms with Gasteiger partial charge in [-0.1, -0.05) is 122 Å². The fourth-order valence-corrected chi connectivity index (χ4v) is 7.10. The highest BCUT2D eigenvalue weighted by Crippen LogP contribution is 2.37. The number of halogens is 5. The van der Waals surface area contributed by atoms with Crippen molar-refractivity contribution in [2.45, 2.75) is 98.2 Å². The molecule has 1 saturated heterocycles. The SMILES string of the molecule is CC(C)(C(=O)O)c1cccc(B2OC(C)(C)C(C)(C)O2)c1.CCN(CC)CC.FC(F)(F)c1ccc(CNCc2ccc(Br)cc2)o1.O=C(Cl)c1c2ccccc2cc2ccccc12. The molecule has 2 heterocycles. The summed E-state index contributed by atoms with van der Waals surface area (Å²) in [6, 6.07) is 35.0. The minimum atomic E-state index is -4.43. The molecule has 0 bridgehead atoms. The van der Waals surface area contributed by atoms with Crippen LogP contribution in [-0.2, 0) is 38.8 Å². The van der Waals surface area contributed by atoms with Gasteiger partial charge in [-0.15, -0.1) is 0 Å². The number of nitrogens with one attached hydrogen (secondary N) is 1. The largest absolute Gasteiger partial charge is 0.494 e. The fourth-order valence-electron chi connectivity index (χ4n) is 6.63. The van der Waals surface area contributed by atoms with Crippen LogP contribution in [-0.4, -0.2) is 59.2 Å². The fraction of sp³-hybridized carbons (Fsp3) is 0.360. The Labute approximate surface area is 388 Å². The Balaban J connectivity index is 0.000000196. The van der Waals surface area contributed by atoms with Crippen LogP contribution in [0.2, 0.25) is 0 Å². The molecule has 0 amide bonds. The number of carbonyl (C=O) groups excluding carboxylic acids is 1. The van der Waals surface area contributed by atoms with Gasteiger partial charge in [-0.2, -0.15) is 13.2 Å². The summed E-state index contributed by atoms with van der Waals surface area (Å²) in [5, 5.41) is 15.9. The first-order valence-electron chi connectivity index (χ1n) is 21.2. The summed E-state index contributed by atoms with van der Waals surface area (Å²) in [5.74, 6) is -1.55. The second-order valence-corrected chi connectivity index (χ2v) is 18.0. The van der Waals surface area contributed by atoms with E-state index >= 15 is 0 Å². The zero-order chi connectivity index (χ0) is 47.5. The van der Waals surface area contributed by atoms with Gasteiger partial charge in [0, 0.05) is 16.6 Å². The molecule has 0 unspecified atom stereocenters. The average Bonchev–Trinajstić information content (AvgIpc) is 3.82. The summed E-state index contributed by atoms with van der Waals surface area (Å²) in [6.07, 6.45) is -4.43. The number of hydrogen-bond donors (Lipinski definition) is 2. The van der Waals surface area contributed by atoms with E-state index in [2.05, 4.69) is 53.0 Å². The van der Waals surface area contributed by atoms with Crippen molar-refractivity contribution < 1.29 is 41.6 Å². The van der Waals surface area contributed by atoms with Crippen LogP contribution in [0.5, 0.6) is 0 Å². The number of rotatable bonds is 11. The molecule has 5 aromatic carbocycles. The molecular weight excluding hydrogens is 908 g/mol. The third kappa shape index (κ3) is 13.8. The lowest BCUT2D eigenvalue weighted by Gasteiger charge is -2.32. The molecule has 2 N–H and O–H groups in total. The van der Waals surface area contributed by atoms with Crippen molar-refractivity contribution in [1.29, 1.82) is 0 Å². The second kappa shape index (κ2) is 22.6. The van der Waals surface area contributed by atoms with Crippen molar-refractivity contribution in [3.05, 3.63) is 148 Å². The lowest BCUT2D eigenvalue weighted by Crippen LogP contribution is -2.41. The first-order chi connectivity index (χ1) is 30.0. The highest BCUT2D eigenvalue weighted by Gasteiger charge is 2.52. The number of carboxylic acids is 1. The maximum absolute atomic E-state index is 12.3. The summed E-state index contributed by atoms with van der Waals surface area (Å²) in [4.78, 5) is 25.4. The van der Waals surface area contributed by atoms with Crippen LogP contribution in [0.4, 0.5) is 13.2 Å². The Kier molecular flexibility index (Phi) is 18.4. The Morgan fingerprint density at radius 3 is 1.73 bits per heavy atom. The number of alkyl halides is 3. The molecule has 342 valence electrons. The molecule has 64 heavy (non-hydrogen) atoms. The quantitative estimate of drug-likeness (QED) is 0.0752. The lowest BCUT2D eigenvalue weighted by molar-refractivity contribution is -0.153. The first kappa shape index (κ1) is 52.1. The van der Waals surface area contributed by atoms with Gasteiger partial charge in [-0.05, 0) is 141 Å². The van der Waals surface area contributed by atoms with E-state index in [0.29, 0.717) is 12.1 Å².